The quantitative estimate of drug-likeness (QED) is 0.215. The molecule has 1 aromatic heterocycles. The number of carbonyl (C=O) groups is 2. The van der Waals surface area contributed by atoms with Gasteiger partial charge in [-0.1, -0.05) is 23.5 Å². The fourth-order valence-corrected chi connectivity index (χ4v) is 5.36. The van der Waals surface area contributed by atoms with E-state index in [9.17, 15) is 19.1 Å². The maximum absolute atomic E-state index is 13.9. The van der Waals surface area contributed by atoms with Crippen molar-refractivity contribution in [1.29, 1.82) is 0 Å². The molecule has 2 heterocycles. The van der Waals surface area contributed by atoms with E-state index in [0.717, 1.165) is 11.3 Å². The van der Waals surface area contributed by atoms with Crippen LogP contribution in [0.2, 0.25) is 0 Å². The molecule has 0 saturated carbocycles. The molecule has 1 unspecified atom stereocenters. The normalized spacial score (nSPS) is 16.9. The number of amides is 1. The summed E-state index contributed by atoms with van der Waals surface area (Å²) in [5, 5.41) is 11.5. The van der Waals surface area contributed by atoms with Crippen molar-refractivity contribution < 1.29 is 33.3 Å². The number of aliphatic hydroxyl groups excluding tert-OH is 1. The number of anilines is 1. The van der Waals surface area contributed by atoms with Crippen molar-refractivity contribution in [1.82, 2.24) is 4.98 Å². The lowest BCUT2D eigenvalue weighted by atomic mass is 9.94. The summed E-state index contributed by atoms with van der Waals surface area (Å²) in [5.74, 6) is -1.38. The largest absolute Gasteiger partial charge is 0.507 e. The number of carbonyl (C=O) groups excluding carboxylic acids is 2. The average Bonchev–Trinajstić information content (AvgIpc) is 3.45. The van der Waals surface area contributed by atoms with E-state index in [2.05, 4.69) is 4.98 Å². The molecular weight excluding hydrogens is 499 g/mol. The van der Waals surface area contributed by atoms with Gasteiger partial charge in [0, 0.05) is 11.1 Å². The van der Waals surface area contributed by atoms with Crippen LogP contribution in [-0.2, 0) is 9.59 Å². The second-order valence-corrected chi connectivity index (χ2v) is 9.10. The molecule has 4 aromatic rings. The lowest BCUT2D eigenvalue weighted by Crippen LogP contribution is -2.29. The number of hydrogen-bond acceptors (Lipinski definition) is 8. The standard InChI is InChI=1S/C27H21FN2O6S/c1-34-16-10-7-14(8-11-16)23(31)21-22(17-5-4-6-19(35-2)25(17)36-3)30(26(33)24(21)32)27-29-18-12-9-15(28)13-20(18)37-27/h4-13,22,31H,1-3H3/b23-21+. The Morgan fingerprint density at radius 2 is 1.76 bits per heavy atom. The van der Waals surface area contributed by atoms with E-state index >= 15 is 0 Å². The lowest BCUT2D eigenvalue weighted by molar-refractivity contribution is -0.132. The number of para-hydroxylation sites is 1. The number of hydrogen-bond donors (Lipinski definition) is 1. The fourth-order valence-electron chi connectivity index (χ4n) is 4.35. The number of aromatic nitrogens is 1. The van der Waals surface area contributed by atoms with Gasteiger partial charge in [0.15, 0.2) is 16.6 Å². The van der Waals surface area contributed by atoms with E-state index in [1.165, 1.54) is 44.4 Å². The Labute approximate surface area is 215 Å². The summed E-state index contributed by atoms with van der Waals surface area (Å²) in [7, 11) is 4.43. The van der Waals surface area contributed by atoms with Gasteiger partial charge in [-0.15, -0.1) is 0 Å². The molecule has 0 aliphatic carbocycles. The van der Waals surface area contributed by atoms with E-state index in [4.69, 9.17) is 14.2 Å². The zero-order valence-electron chi connectivity index (χ0n) is 20.0. The first-order valence-electron chi connectivity index (χ1n) is 11.1. The van der Waals surface area contributed by atoms with Gasteiger partial charge < -0.3 is 19.3 Å². The maximum atomic E-state index is 13.9. The van der Waals surface area contributed by atoms with Crippen LogP contribution in [0.15, 0.2) is 66.2 Å². The van der Waals surface area contributed by atoms with E-state index in [0.29, 0.717) is 32.8 Å². The minimum absolute atomic E-state index is 0.146. The number of thiazole rings is 1. The smallest absolute Gasteiger partial charge is 0.301 e. The Morgan fingerprint density at radius 3 is 2.43 bits per heavy atom. The van der Waals surface area contributed by atoms with Gasteiger partial charge in [0.05, 0.1) is 37.1 Å². The van der Waals surface area contributed by atoms with Gasteiger partial charge in [-0.3, -0.25) is 14.5 Å². The molecule has 1 saturated heterocycles. The molecular formula is C27H21FN2O6S. The zero-order chi connectivity index (χ0) is 26.3. The van der Waals surface area contributed by atoms with Gasteiger partial charge in [-0.2, -0.15) is 0 Å². The third-order valence-corrected chi connectivity index (χ3v) is 7.10. The Balaban J connectivity index is 1.77. The van der Waals surface area contributed by atoms with Gasteiger partial charge >= 0.3 is 5.91 Å². The number of halogens is 1. The molecule has 37 heavy (non-hydrogen) atoms. The van der Waals surface area contributed by atoms with Gasteiger partial charge in [-0.05, 0) is 48.5 Å². The fraction of sp³-hybridized carbons (Fsp3) is 0.148. The zero-order valence-corrected chi connectivity index (χ0v) is 20.8. The Hall–Kier alpha value is -4.44. The first-order valence-corrected chi connectivity index (χ1v) is 11.9. The summed E-state index contributed by atoms with van der Waals surface area (Å²) >= 11 is 1.06. The summed E-state index contributed by atoms with van der Waals surface area (Å²) in [4.78, 5) is 32.6. The van der Waals surface area contributed by atoms with Crippen molar-refractivity contribution in [2.24, 2.45) is 0 Å². The van der Waals surface area contributed by atoms with Crippen molar-refractivity contribution in [3.05, 3.63) is 83.2 Å². The van der Waals surface area contributed by atoms with Crippen molar-refractivity contribution in [3.63, 3.8) is 0 Å². The summed E-state index contributed by atoms with van der Waals surface area (Å²) in [6, 6.07) is 14.5. The molecule has 3 aromatic carbocycles. The molecule has 0 spiro atoms. The number of fused-ring (bicyclic) bond motifs is 1. The van der Waals surface area contributed by atoms with Crippen LogP contribution < -0.4 is 19.1 Å². The maximum Gasteiger partial charge on any atom is 0.301 e. The van der Waals surface area contributed by atoms with Crippen LogP contribution in [0.5, 0.6) is 17.2 Å². The van der Waals surface area contributed by atoms with Crippen LogP contribution in [0.1, 0.15) is 17.2 Å². The predicted octanol–water partition coefficient (Wildman–Crippen LogP) is 5.09. The first kappa shape index (κ1) is 24.3. The van der Waals surface area contributed by atoms with Crippen molar-refractivity contribution in [2.75, 3.05) is 26.2 Å². The molecule has 1 fully saturated rings. The third kappa shape index (κ3) is 4.05. The van der Waals surface area contributed by atoms with E-state index in [1.807, 2.05) is 0 Å². The summed E-state index contributed by atoms with van der Waals surface area (Å²) < 4.78 is 30.6. The topological polar surface area (TPSA) is 98.2 Å². The first-order chi connectivity index (χ1) is 17.9. The monoisotopic (exact) mass is 520 g/mol. The molecule has 1 aliphatic rings. The highest BCUT2D eigenvalue weighted by Crippen LogP contribution is 2.48. The molecule has 1 N–H and O–H groups in total. The van der Waals surface area contributed by atoms with Crippen LogP contribution in [0.4, 0.5) is 9.52 Å². The molecule has 1 aliphatic heterocycles. The van der Waals surface area contributed by atoms with Crippen LogP contribution in [-0.4, -0.2) is 43.1 Å². The van der Waals surface area contributed by atoms with Gasteiger partial charge in [0.1, 0.15) is 23.4 Å². The van der Waals surface area contributed by atoms with Crippen LogP contribution in [0.25, 0.3) is 16.0 Å². The SMILES string of the molecule is COc1ccc(/C(O)=C2\C(=O)C(=O)N(c3nc4ccc(F)cc4s3)C2c2cccc(OC)c2OC)cc1. The Kier molecular flexibility index (Phi) is 6.26. The molecule has 0 bridgehead atoms. The van der Waals surface area contributed by atoms with E-state index in [1.54, 1.807) is 42.5 Å². The number of ketones is 1. The van der Waals surface area contributed by atoms with Crippen LogP contribution >= 0.6 is 11.3 Å². The third-order valence-electron chi connectivity index (χ3n) is 6.08. The Bertz CT molecular complexity index is 1560. The predicted molar refractivity (Wildman–Crippen MR) is 137 cm³/mol. The Morgan fingerprint density at radius 1 is 1.00 bits per heavy atom. The summed E-state index contributed by atoms with van der Waals surface area (Å²) in [6.07, 6.45) is 0. The molecule has 5 rings (SSSR count). The van der Waals surface area contributed by atoms with Gasteiger partial charge in [-0.25, -0.2) is 9.37 Å². The van der Waals surface area contributed by atoms with Crippen molar-refractivity contribution >= 4 is 44.1 Å². The van der Waals surface area contributed by atoms with E-state index in [-0.39, 0.29) is 22.2 Å². The molecule has 188 valence electrons. The molecule has 10 heteroatoms. The molecule has 1 atom stereocenters. The number of rotatable bonds is 6. The molecule has 0 radical (unpaired) electrons. The van der Waals surface area contributed by atoms with Crippen molar-refractivity contribution in [2.45, 2.75) is 6.04 Å². The second-order valence-electron chi connectivity index (χ2n) is 8.09. The number of aliphatic hydroxyl groups is 1. The van der Waals surface area contributed by atoms with Crippen LogP contribution in [0, 0.1) is 5.82 Å². The number of benzene rings is 3. The molecule has 8 nitrogen and oxygen atoms in total. The highest BCUT2D eigenvalue weighted by atomic mass is 32.1. The minimum Gasteiger partial charge on any atom is -0.507 e. The minimum atomic E-state index is -1.10. The lowest BCUT2D eigenvalue weighted by Gasteiger charge is -2.25. The second kappa shape index (κ2) is 9.55. The average molecular weight is 521 g/mol. The van der Waals surface area contributed by atoms with Crippen LogP contribution in [0.3, 0.4) is 0 Å². The number of nitrogens with zero attached hydrogens (tertiary/aromatic N) is 2. The number of ether oxygens (including phenoxy) is 3. The summed E-state index contributed by atoms with van der Waals surface area (Å²) in [5.41, 5.74) is 1.04. The van der Waals surface area contributed by atoms with Gasteiger partial charge in [0.2, 0.25) is 0 Å². The van der Waals surface area contributed by atoms with E-state index < -0.39 is 23.5 Å². The van der Waals surface area contributed by atoms with Crippen molar-refractivity contribution in [3.8, 4) is 17.2 Å². The highest BCUT2D eigenvalue weighted by molar-refractivity contribution is 7.22. The molecule has 1 amide bonds. The summed E-state index contributed by atoms with van der Waals surface area (Å²) in [6.45, 7) is 0. The number of methoxy groups -OCH3 is 3. The van der Waals surface area contributed by atoms with Gasteiger partial charge in [0.25, 0.3) is 5.78 Å². The number of Topliss-reactive ketones (excluding diaryl/α,β-unsaturated/α-hetero) is 1. The highest BCUT2D eigenvalue weighted by Gasteiger charge is 2.49.